The number of likely N-dealkylation sites (tertiary alicyclic amines) is 1. The highest BCUT2D eigenvalue weighted by molar-refractivity contribution is 5.83. The fourth-order valence-electron chi connectivity index (χ4n) is 7.01. The number of nitrogens with zero attached hydrogens (tertiary/aromatic N) is 1. The molecule has 244 valence electrons. The van der Waals surface area contributed by atoms with Gasteiger partial charge in [-0.3, -0.25) is 4.90 Å². The molecule has 3 aromatic carbocycles. The third kappa shape index (κ3) is 8.03. The summed E-state index contributed by atoms with van der Waals surface area (Å²) in [7, 11) is 0. The molecule has 6 rings (SSSR count). The number of hydrogen-bond donors (Lipinski definition) is 0. The molecule has 47 heavy (non-hydrogen) atoms. The van der Waals surface area contributed by atoms with Gasteiger partial charge in [-0.15, -0.1) is 0 Å². The predicted molar refractivity (Wildman–Crippen MR) is 182 cm³/mol. The summed E-state index contributed by atoms with van der Waals surface area (Å²) in [4.78, 5) is 28.2. The van der Waals surface area contributed by atoms with Crippen LogP contribution in [-0.4, -0.2) is 61.6 Å². The molecule has 7 heteroatoms. The maximum atomic E-state index is 13.6. The van der Waals surface area contributed by atoms with E-state index in [0.29, 0.717) is 18.9 Å². The van der Waals surface area contributed by atoms with Crippen LogP contribution in [0.4, 0.5) is 4.79 Å². The van der Waals surface area contributed by atoms with Crippen molar-refractivity contribution in [3.63, 3.8) is 0 Å². The molecule has 0 N–H and O–H groups in total. The number of hydrogen-bond acceptors (Lipinski definition) is 6. The van der Waals surface area contributed by atoms with Crippen molar-refractivity contribution in [3.8, 4) is 16.9 Å². The number of rotatable bonds is 10. The molecule has 3 aromatic rings. The van der Waals surface area contributed by atoms with Crippen molar-refractivity contribution < 1.29 is 28.5 Å². The van der Waals surface area contributed by atoms with Gasteiger partial charge in [-0.1, -0.05) is 110 Å². The molecule has 4 atom stereocenters. The second kappa shape index (κ2) is 15.8. The molecule has 1 heterocycles. The van der Waals surface area contributed by atoms with E-state index < -0.39 is 18.1 Å². The van der Waals surface area contributed by atoms with E-state index >= 15 is 0 Å². The lowest BCUT2D eigenvalue weighted by molar-refractivity contribution is -0.147. The number of esters is 1. The lowest BCUT2D eigenvalue weighted by Crippen LogP contribution is -2.42. The Morgan fingerprint density at radius 2 is 1.38 bits per heavy atom. The molecule has 0 bridgehead atoms. The van der Waals surface area contributed by atoms with Gasteiger partial charge < -0.3 is 18.9 Å². The van der Waals surface area contributed by atoms with Gasteiger partial charge in [0.1, 0.15) is 25.0 Å². The number of ether oxygens (including phenoxy) is 4. The SMILES string of the molecule is C=CCOC(=O)[C@@H]1C[C@@H](OC2CCCC(COc3ccccccccc3)C2)CN1C(=O)OCC1c2ccccc2-c2ccccc21. The standard InChI is InChI=1S/C40H43NO6/c1-2-23-44-39(42)38-25-32(47-31-18-14-15-29(24-31)27-45-30-16-8-6-4-3-5-7-9-17-30)26-41(38)40(43)46-28-37-35-21-12-10-19-33(35)34-20-11-13-22-36(34)37/h2-13,16-17,19-22,29,31-32,37-38H,1,14-15,18,23-28H2/t29?,31?,32-,38+/m1/s1. The maximum absolute atomic E-state index is 13.6. The molecule has 1 saturated carbocycles. The van der Waals surface area contributed by atoms with Crippen LogP contribution in [0.3, 0.4) is 0 Å². The van der Waals surface area contributed by atoms with Crippen LogP contribution < -0.4 is 4.74 Å². The summed E-state index contributed by atoms with van der Waals surface area (Å²) in [5, 5.41) is 0. The van der Waals surface area contributed by atoms with Crippen molar-refractivity contribution in [3.05, 3.63) is 127 Å². The molecule has 0 aromatic heterocycles. The van der Waals surface area contributed by atoms with Gasteiger partial charge in [-0.05, 0) is 59.6 Å². The minimum atomic E-state index is -0.776. The number of fused-ring (bicyclic) bond motifs is 3. The smallest absolute Gasteiger partial charge is 0.410 e. The monoisotopic (exact) mass is 633 g/mol. The van der Waals surface area contributed by atoms with E-state index in [1.807, 2.05) is 78.9 Å². The van der Waals surface area contributed by atoms with E-state index in [9.17, 15) is 9.59 Å². The summed E-state index contributed by atoms with van der Waals surface area (Å²) in [6, 6.07) is 33.5. The van der Waals surface area contributed by atoms with Gasteiger partial charge in [-0.25, -0.2) is 9.59 Å². The molecule has 0 spiro atoms. The normalized spacial score (nSPS) is 21.6. The number of carbonyl (C=O) groups is 2. The Kier molecular flexibility index (Phi) is 10.9. The van der Waals surface area contributed by atoms with Crippen LogP contribution in [0.25, 0.3) is 11.1 Å². The van der Waals surface area contributed by atoms with Crippen molar-refractivity contribution in [2.75, 3.05) is 26.4 Å². The van der Waals surface area contributed by atoms with Crippen LogP contribution in [0, 0.1) is 5.92 Å². The third-order valence-corrected chi connectivity index (χ3v) is 9.24. The molecule has 2 aliphatic carbocycles. The molecule has 2 fully saturated rings. The molecule has 1 aliphatic heterocycles. The summed E-state index contributed by atoms with van der Waals surface area (Å²) in [6.45, 7) is 4.79. The Bertz CT molecular complexity index is 1530. The first-order valence-electron chi connectivity index (χ1n) is 16.7. The summed E-state index contributed by atoms with van der Waals surface area (Å²) in [5.41, 5.74) is 4.60. The summed E-state index contributed by atoms with van der Waals surface area (Å²) < 4.78 is 24.1. The molecule has 2 unspecified atom stereocenters. The van der Waals surface area contributed by atoms with Crippen LogP contribution in [0.5, 0.6) is 5.75 Å². The highest BCUT2D eigenvalue weighted by Gasteiger charge is 2.43. The Morgan fingerprint density at radius 3 is 2.06 bits per heavy atom. The van der Waals surface area contributed by atoms with Gasteiger partial charge in [0.05, 0.1) is 25.4 Å². The Hall–Kier alpha value is -4.62. The predicted octanol–water partition coefficient (Wildman–Crippen LogP) is 7.89. The largest absolute Gasteiger partial charge is 0.493 e. The zero-order valence-electron chi connectivity index (χ0n) is 26.7. The summed E-state index contributed by atoms with van der Waals surface area (Å²) in [6.07, 6.45) is 5.00. The molecule has 1 saturated heterocycles. The van der Waals surface area contributed by atoms with Gasteiger partial charge in [0.25, 0.3) is 0 Å². The summed E-state index contributed by atoms with van der Waals surface area (Å²) >= 11 is 0. The van der Waals surface area contributed by atoms with E-state index in [2.05, 4.69) is 30.8 Å². The fourth-order valence-corrected chi connectivity index (χ4v) is 7.01. The highest BCUT2D eigenvalue weighted by atomic mass is 16.6. The van der Waals surface area contributed by atoms with Crippen LogP contribution in [0.2, 0.25) is 0 Å². The van der Waals surface area contributed by atoms with Crippen molar-refractivity contribution >= 4 is 12.1 Å². The van der Waals surface area contributed by atoms with Crippen LogP contribution in [-0.2, 0) is 19.0 Å². The lowest BCUT2D eigenvalue weighted by atomic mass is 9.87. The molecule has 7 nitrogen and oxygen atoms in total. The lowest BCUT2D eigenvalue weighted by Gasteiger charge is -2.31. The minimum Gasteiger partial charge on any atom is -0.493 e. The van der Waals surface area contributed by atoms with Crippen molar-refractivity contribution in [2.45, 2.75) is 56.3 Å². The topological polar surface area (TPSA) is 74.3 Å². The van der Waals surface area contributed by atoms with E-state index in [-0.39, 0.29) is 37.9 Å². The zero-order valence-corrected chi connectivity index (χ0v) is 26.7. The van der Waals surface area contributed by atoms with E-state index in [0.717, 1.165) is 53.7 Å². The Labute approximate surface area is 277 Å². The quantitative estimate of drug-likeness (QED) is 0.167. The molecular formula is C40H43NO6. The van der Waals surface area contributed by atoms with Gasteiger partial charge in [0.2, 0.25) is 0 Å². The van der Waals surface area contributed by atoms with Crippen molar-refractivity contribution in [1.29, 1.82) is 0 Å². The summed E-state index contributed by atoms with van der Waals surface area (Å²) in [5.74, 6) is 0.636. The molecule has 1 amide bonds. The number of carbonyl (C=O) groups excluding carboxylic acids is 2. The minimum absolute atomic E-state index is 0.0243. The maximum Gasteiger partial charge on any atom is 0.410 e. The fraction of sp³-hybridized carbons (Fsp3) is 0.350. The molecule has 3 aliphatic rings. The average Bonchev–Trinajstić information content (AvgIpc) is 3.67. The van der Waals surface area contributed by atoms with Gasteiger partial charge in [0, 0.05) is 12.3 Å². The zero-order chi connectivity index (χ0) is 32.4. The highest BCUT2D eigenvalue weighted by Crippen LogP contribution is 2.44. The van der Waals surface area contributed by atoms with Gasteiger partial charge >= 0.3 is 12.1 Å². The first-order chi connectivity index (χ1) is 23.1. The third-order valence-electron chi connectivity index (χ3n) is 9.24. The van der Waals surface area contributed by atoms with Gasteiger partial charge in [-0.2, -0.15) is 0 Å². The van der Waals surface area contributed by atoms with Gasteiger partial charge in [0.15, 0.2) is 0 Å². The number of amides is 1. The first-order valence-corrected chi connectivity index (χ1v) is 16.7. The van der Waals surface area contributed by atoms with E-state index in [1.165, 1.54) is 11.0 Å². The van der Waals surface area contributed by atoms with Crippen molar-refractivity contribution in [1.82, 2.24) is 4.90 Å². The average molecular weight is 634 g/mol. The second-order valence-corrected chi connectivity index (χ2v) is 12.4. The molecular weight excluding hydrogens is 590 g/mol. The first kappa shape index (κ1) is 32.3. The Morgan fingerprint density at radius 1 is 0.745 bits per heavy atom. The molecule has 0 radical (unpaired) electrons. The van der Waals surface area contributed by atoms with E-state index in [4.69, 9.17) is 18.9 Å². The van der Waals surface area contributed by atoms with Crippen molar-refractivity contribution in [2.24, 2.45) is 5.92 Å². The van der Waals surface area contributed by atoms with Crippen LogP contribution >= 0.6 is 0 Å². The van der Waals surface area contributed by atoms with Crippen LogP contribution in [0.1, 0.15) is 49.1 Å². The van der Waals surface area contributed by atoms with E-state index in [1.54, 1.807) is 0 Å². The Balaban J connectivity index is 1.08. The van der Waals surface area contributed by atoms with Crippen LogP contribution in [0.15, 0.2) is 116 Å². The second-order valence-electron chi connectivity index (χ2n) is 12.4. The number of benzene rings is 2.